The molecule has 3 aromatic rings. The minimum absolute atomic E-state index is 0.238. The molecule has 0 radical (unpaired) electrons. The monoisotopic (exact) mass is 420 g/mol. The predicted octanol–water partition coefficient (Wildman–Crippen LogP) is 3.32. The van der Waals surface area contributed by atoms with Crippen LogP contribution in [0.15, 0.2) is 53.7 Å². The smallest absolute Gasteiger partial charge is 0.255 e. The normalized spacial score (nSPS) is 15.2. The fraction of sp³-hybridized carbons (Fsp3) is 0.273. The third-order valence-electron chi connectivity index (χ3n) is 5.16. The van der Waals surface area contributed by atoms with Gasteiger partial charge in [-0.25, -0.2) is 0 Å². The highest BCUT2D eigenvalue weighted by Gasteiger charge is 2.34. The molecule has 4 rings (SSSR count). The SMILES string of the molecule is CCOc1ccc([C@@H]2C(C(=O)Nc3ccccc3C)=C(C)Nc3nnnn32)cc1OC. The Balaban J connectivity index is 1.78. The second kappa shape index (κ2) is 8.47. The fourth-order valence-electron chi connectivity index (χ4n) is 3.65. The van der Waals surface area contributed by atoms with Gasteiger partial charge < -0.3 is 20.1 Å². The number of hydrogen-bond acceptors (Lipinski definition) is 7. The Kier molecular flexibility index (Phi) is 5.57. The number of anilines is 2. The zero-order valence-electron chi connectivity index (χ0n) is 17.8. The van der Waals surface area contributed by atoms with E-state index in [1.807, 2.05) is 63.2 Å². The van der Waals surface area contributed by atoms with E-state index in [1.165, 1.54) is 0 Å². The van der Waals surface area contributed by atoms with Crippen molar-refractivity contribution in [1.82, 2.24) is 20.2 Å². The third-order valence-corrected chi connectivity index (χ3v) is 5.16. The number of allylic oxidation sites excluding steroid dienone is 1. The molecule has 0 fully saturated rings. The first-order chi connectivity index (χ1) is 15.0. The average Bonchev–Trinajstić information content (AvgIpc) is 3.23. The Morgan fingerprint density at radius 2 is 2.00 bits per heavy atom. The molecule has 1 amide bonds. The zero-order valence-corrected chi connectivity index (χ0v) is 17.8. The highest BCUT2D eigenvalue weighted by molar-refractivity contribution is 6.06. The van der Waals surface area contributed by atoms with Crippen molar-refractivity contribution in [3.8, 4) is 11.5 Å². The van der Waals surface area contributed by atoms with Gasteiger partial charge in [-0.2, -0.15) is 4.68 Å². The summed E-state index contributed by atoms with van der Waals surface area (Å²) in [5.41, 5.74) is 3.70. The molecule has 9 heteroatoms. The van der Waals surface area contributed by atoms with E-state index in [2.05, 4.69) is 26.2 Å². The number of amides is 1. The van der Waals surface area contributed by atoms with E-state index in [0.29, 0.717) is 35.3 Å². The van der Waals surface area contributed by atoms with Crippen LogP contribution in [-0.4, -0.2) is 39.8 Å². The number of aromatic nitrogens is 4. The van der Waals surface area contributed by atoms with Crippen molar-refractivity contribution in [2.75, 3.05) is 24.4 Å². The van der Waals surface area contributed by atoms with Gasteiger partial charge in [0.15, 0.2) is 11.5 Å². The van der Waals surface area contributed by atoms with Crippen LogP contribution in [0, 0.1) is 6.92 Å². The van der Waals surface area contributed by atoms with Gasteiger partial charge in [-0.15, -0.1) is 0 Å². The molecular formula is C22H24N6O3. The maximum absolute atomic E-state index is 13.4. The van der Waals surface area contributed by atoms with Crippen LogP contribution in [0.4, 0.5) is 11.6 Å². The number of carbonyl (C=O) groups is 1. The van der Waals surface area contributed by atoms with Crippen molar-refractivity contribution in [2.24, 2.45) is 0 Å². The molecule has 2 heterocycles. The van der Waals surface area contributed by atoms with Crippen LogP contribution in [0.3, 0.4) is 0 Å². The fourth-order valence-corrected chi connectivity index (χ4v) is 3.65. The van der Waals surface area contributed by atoms with Gasteiger partial charge in [0.05, 0.1) is 19.3 Å². The second-order valence-corrected chi connectivity index (χ2v) is 7.13. The summed E-state index contributed by atoms with van der Waals surface area (Å²) < 4.78 is 12.7. The molecule has 0 unspecified atom stereocenters. The summed E-state index contributed by atoms with van der Waals surface area (Å²) in [5.74, 6) is 1.43. The number of benzene rings is 2. The van der Waals surface area contributed by atoms with Gasteiger partial charge in [0, 0.05) is 11.4 Å². The van der Waals surface area contributed by atoms with Crippen LogP contribution in [-0.2, 0) is 4.79 Å². The van der Waals surface area contributed by atoms with Crippen molar-refractivity contribution in [1.29, 1.82) is 0 Å². The Bertz CT molecular complexity index is 1150. The highest BCUT2D eigenvalue weighted by atomic mass is 16.5. The summed E-state index contributed by atoms with van der Waals surface area (Å²) in [5, 5.41) is 18.1. The minimum atomic E-state index is -0.542. The standard InChI is InChI=1S/C22H24N6O3/c1-5-31-17-11-10-15(12-18(17)30-4)20-19(14(3)23-22-25-26-27-28(20)22)21(29)24-16-9-7-6-8-13(16)2/h6-12,20H,5H2,1-4H3,(H,24,29)(H,23,25,27)/t20-/m1/s1. The van der Waals surface area contributed by atoms with Crippen LogP contribution >= 0.6 is 0 Å². The van der Waals surface area contributed by atoms with Crippen LogP contribution in [0.2, 0.25) is 0 Å². The number of hydrogen-bond donors (Lipinski definition) is 2. The molecule has 1 aliphatic heterocycles. The number of aryl methyl sites for hydroxylation is 1. The molecule has 2 aromatic carbocycles. The molecule has 31 heavy (non-hydrogen) atoms. The van der Waals surface area contributed by atoms with Gasteiger partial charge in [-0.3, -0.25) is 4.79 Å². The second-order valence-electron chi connectivity index (χ2n) is 7.13. The molecule has 1 atom stereocenters. The van der Waals surface area contributed by atoms with E-state index in [9.17, 15) is 4.79 Å². The molecule has 0 bridgehead atoms. The molecule has 9 nitrogen and oxygen atoms in total. The first kappa shape index (κ1) is 20.4. The molecule has 160 valence electrons. The number of fused-ring (bicyclic) bond motifs is 1. The number of nitrogens with zero attached hydrogens (tertiary/aromatic N) is 4. The van der Waals surface area contributed by atoms with Crippen LogP contribution in [0.1, 0.15) is 31.0 Å². The lowest BCUT2D eigenvalue weighted by Crippen LogP contribution is -2.31. The average molecular weight is 420 g/mol. The Morgan fingerprint density at radius 1 is 1.19 bits per heavy atom. The van der Waals surface area contributed by atoms with Gasteiger partial charge in [0.2, 0.25) is 5.95 Å². The maximum atomic E-state index is 13.4. The molecule has 0 saturated carbocycles. The van der Waals surface area contributed by atoms with E-state index in [-0.39, 0.29) is 5.91 Å². The molecule has 1 aliphatic rings. The van der Waals surface area contributed by atoms with E-state index >= 15 is 0 Å². The summed E-state index contributed by atoms with van der Waals surface area (Å²) in [7, 11) is 1.58. The predicted molar refractivity (Wildman–Crippen MR) is 116 cm³/mol. The minimum Gasteiger partial charge on any atom is -0.493 e. The van der Waals surface area contributed by atoms with E-state index < -0.39 is 6.04 Å². The van der Waals surface area contributed by atoms with Crippen LogP contribution in [0.5, 0.6) is 11.5 Å². The lowest BCUT2D eigenvalue weighted by Gasteiger charge is -2.28. The number of ether oxygens (including phenoxy) is 2. The number of tetrazole rings is 1. The lowest BCUT2D eigenvalue weighted by molar-refractivity contribution is -0.113. The Morgan fingerprint density at radius 3 is 2.74 bits per heavy atom. The molecule has 0 aliphatic carbocycles. The van der Waals surface area contributed by atoms with E-state index in [1.54, 1.807) is 11.8 Å². The molecular weight excluding hydrogens is 396 g/mol. The first-order valence-corrected chi connectivity index (χ1v) is 9.96. The summed E-state index contributed by atoms with van der Waals surface area (Å²) in [6.07, 6.45) is 0. The quantitative estimate of drug-likeness (QED) is 0.630. The largest absolute Gasteiger partial charge is 0.493 e. The summed E-state index contributed by atoms with van der Waals surface area (Å²) in [6, 6.07) is 12.7. The number of carbonyl (C=O) groups excluding carboxylic acids is 1. The van der Waals surface area contributed by atoms with E-state index in [0.717, 1.165) is 16.8 Å². The Labute approximate surface area is 180 Å². The van der Waals surface area contributed by atoms with Crippen molar-refractivity contribution in [2.45, 2.75) is 26.8 Å². The zero-order chi connectivity index (χ0) is 22.0. The van der Waals surface area contributed by atoms with Crippen molar-refractivity contribution in [3.05, 3.63) is 64.9 Å². The first-order valence-electron chi connectivity index (χ1n) is 9.96. The van der Waals surface area contributed by atoms with Gasteiger partial charge in [0.25, 0.3) is 5.91 Å². The number of methoxy groups -OCH3 is 1. The molecule has 0 saturated heterocycles. The Hall–Kier alpha value is -3.88. The number of rotatable bonds is 6. The van der Waals surface area contributed by atoms with Gasteiger partial charge in [0.1, 0.15) is 6.04 Å². The molecule has 2 N–H and O–H groups in total. The van der Waals surface area contributed by atoms with Gasteiger partial charge in [-0.05, 0) is 60.5 Å². The summed E-state index contributed by atoms with van der Waals surface area (Å²) in [6.45, 7) is 6.21. The summed E-state index contributed by atoms with van der Waals surface area (Å²) in [4.78, 5) is 13.4. The lowest BCUT2D eigenvalue weighted by atomic mass is 9.94. The molecule has 0 spiro atoms. The maximum Gasteiger partial charge on any atom is 0.255 e. The van der Waals surface area contributed by atoms with Gasteiger partial charge >= 0.3 is 0 Å². The summed E-state index contributed by atoms with van der Waals surface area (Å²) >= 11 is 0. The van der Waals surface area contributed by atoms with Crippen molar-refractivity contribution >= 4 is 17.5 Å². The van der Waals surface area contributed by atoms with Gasteiger partial charge in [-0.1, -0.05) is 29.4 Å². The van der Waals surface area contributed by atoms with E-state index in [4.69, 9.17) is 9.47 Å². The third kappa shape index (κ3) is 3.81. The van der Waals surface area contributed by atoms with Crippen molar-refractivity contribution in [3.63, 3.8) is 0 Å². The van der Waals surface area contributed by atoms with Crippen LogP contribution in [0.25, 0.3) is 0 Å². The number of nitrogens with one attached hydrogen (secondary N) is 2. The number of para-hydroxylation sites is 1. The topological polar surface area (TPSA) is 103 Å². The molecule has 1 aromatic heterocycles. The highest BCUT2D eigenvalue weighted by Crippen LogP contribution is 2.38. The van der Waals surface area contributed by atoms with Crippen molar-refractivity contribution < 1.29 is 14.3 Å². The van der Waals surface area contributed by atoms with Crippen LogP contribution < -0.4 is 20.1 Å².